The zero-order valence-corrected chi connectivity index (χ0v) is 15.9. The van der Waals surface area contributed by atoms with Gasteiger partial charge in [0, 0.05) is 12.6 Å². The van der Waals surface area contributed by atoms with Gasteiger partial charge in [0.25, 0.3) is 5.91 Å². The van der Waals surface area contributed by atoms with E-state index in [-0.39, 0.29) is 11.7 Å². The van der Waals surface area contributed by atoms with E-state index in [0.717, 1.165) is 0 Å². The molecule has 2 N–H and O–H groups in total. The molecule has 0 radical (unpaired) electrons. The van der Waals surface area contributed by atoms with Crippen LogP contribution in [-0.2, 0) is 19.1 Å². The lowest BCUT2D eigenvalue weighted by Crippen LogP contribution is -2.24. The van der Waals surface area contributed by atoms with Crippen LogP contribution < -0.4 is 20.1 Å². The monoisotopic (exact) mass is 400 g/mol. The Labute approximate surface area is 166 Å². The number of hydrogen-bond donors (Lipinski definition) is 2. The van der Waals surface area contributed by atoms with E-state index in [1.807, 2.05) is 0 Å². The third-order valence-electron chi connectivity index (χ3n) is 3.55. The second-order valence-corrected chi connectivity index (χ2v) is 5.75. The summed E-state index contributed by atoms with van der Waals surface area (Å²) in [7, 11) is 1.43. The van der Waals surface area contributed by atoms with Crippen LogP contribution in [-0.4, -0.2) is 44.4 Å². The summed E-state index contributed by atoms with van der Waals surface area (Å²) >= 11 is 0. The third kappa shape index (κ3) is 6.65. The molecule has 152 valence electrons. The molecule has 2 aromatic rings. The van der Waals surface area contributed by atoms with Gasteiger partial charge in [-0.25, -0.2) is 4.79 Å². The topological polar surface area (TPSA) is 120 Å². The van der Waals surface area contributed by atoms with Crippen LogP contribution in [0.15, 0.2) is 42.5 Å². The number of esters is 1. The Morgan fingerprint density at radius 3 is 2.45 bits per heavy atom. The van der Waals surface area contributed by atoms with Gasteiger partial charge in [0.2, 0.25) is 5.91 Å². The van der Waals surface area contributed by atoms with Crippen molar-refractivity contribution in [3.63, 3.8) is 0 Å². The molecule has 0 unspecified atom stereocenters. The Balaban J connectivity index is 1.88. The van der Waals surface area contributed by atoms with Crippen molar-refractivity contribution in [3.05, 3.63) is 48.0 Å². The molecule has 0 aliphatic heterocycles. The van der Waals surface area contributed by atoms with Crippen LogP contribution in [0.3, 0.4) is 0 Å². The second-order valence-electron chi connectivity index (χ2n) is 5.75. The number of rotatable bonds is 9. The minimum atomic E-state index is -0.778. The van der Waals surface area contributed by atoms with Gasteiger partial charge in [-0.2, -0.15) is 0 Å². The summed E-state index contributed by atoms with van der Waals surface area (Å²) in [5.74, 6) is -1.04. The van der Waals surface area contributed by atoms with Gasteiger partial charge in [0.15, 0.2) is 19.5 Å². The number of aldehydes is 1. The van der Waals surface area contributed by atoms with Crippen LogP contribution in [0.25, 0.3) is 0 Å². The maximum Gasteiger partial charge on any atom is 0.344 e. The predicted molar refractivity (Wildman–Crippen MR) is 104 cm³/mol. The number of carbonyl (C=O) groups is 4. The van der Waals surface area contributed by atoms with Crippen molar-refractivity contribution in [2.45, 2.75) is 6.92 Å². The van der Waals surface area contributed by atoms with Crippen LogP contribution in [0.5, 0.6) is 11.5 Å². The maximum atomic E-state index is 12.1. The van der Waals surface area contributed by atoms with Crippen LogP contribution in [0, 0.1) is 0 Å². The van der Waals surface area contributed by atoms with E-state index in [2.05, 4.69) is 10.6 Å². The van der Waals surface area contributed by atoms with Crippen LogP contribution in [0.2, 0.25) is 0 Å². The van der Waals surface area contributed by atoms with Crippen molar-refractivity contribution in [2.24, 2.45) is 0 Å². The van der Waals surface area contributed by atoms with Gasteiger partial charge in [-0.3, -0.25) is 14.4 Å². The molecule has 0 aliphatic carbocycles. The summed E-state index contributed by atoms with van der Waals surface area (Å²) in [5, 5.41) is 5.13. The van der Waals surface area contributed by atoms with Crippen molar-refractivity contribution in [3.8, 4) is 11.5 Å². The molecule has 0 spiro atoms. The van der Waals surface area contributed by atoms with Crippen LogP contribution >= 0.6 is 0 Å². The molecule has 9 nitrogen and oxygen atoms in total. The second kappa shape index (κ2) is 10.5. The highest BCUT2D eigenvalue weighted by Crippen LogP contribution is 2.27. The molecule has 2 amide bonds. The number of methoxy groups -OCH3 is 1. The number of benzene rings is 2. The molecular weight excluding hydrogens is 380 g/mol. The van der Waals surface area contributed by atoms with Gasteiger partial charge >= 0.3 is 5.97 Å². The molecule has 0 aliphatic rings. The summed E-state index contributed by atoms with van der Waals surface area (Å²) in [6, 6.07) is 11.1. The largest absolute Gasteiger partial charge is 0.495 e. The molecule has 0 atom stereocenters. The molecule has 29 heavy (non-hydrogen) atoms. The van der Waals surface area contributed by atoms with E-state index in [9.17, 15) is 19.2 Å². The van der Waals surface area contributed by atoms with Crippen molar-refractivity contribution in [1.82, 2.24) is 0 Å². The number of carbonyl (C=O) groups excluding carboxylic acids is 4. The van der Waals surface area contributed by atoms with E-state index in [1.165, 1.54) is 26.2 Å². The summed E-state index contributed by atoms with van der Waals surface area (Å²) in [5.41, 5.74) is 1.06. The Morgan fingerprint density at radius 1 is 1.00 bits per heavy atom. The van der Waals surface area contributed by atoms with Crippen molar-refractivity contribution < 1.29 is 33.4 Å². The SMILES string of the molecule is COc1ccc(NC(C)=O)cc1NC(=O)COC(=O)COc1ccccc1C=O. The maximum absolute atomic E-state index is 12.1. The average molecular weight is 400 g/mol. The third-order valence-corrected chi connectivity index (χ3v) is 3.55. The standard InChI is InChI=1S/C20H20N2O7/c1-13(24)21-15-7-8-18(27-2)16(9-15)22-19(25)11-29-20(26)12-28-17-6-4-3-5-14(17)10-23/h3-10H,11-12H2,1-2H3,(H,21,24)(H,22,25). The number of anilines is 2. The first-order valence-electron chi connectivity index (χ1n) is 8.51. The van der Waals surface area contributed by atoms with Crippen molar-refractivity contribution in [1.29, 1.82) is 0 Å². The number of nitrogens with one attached hydrogen (secondary N) is 2. The van der Waals surface area contributed by atoms with Gasteiger partial charge in [-0.15, -0.1) is 0 Å². The van der Waals surface area contributed by atoms with Gasteiger partial charge < -0.3 is 24.8 Å². The molecule has 2 rings (SSSR count). The minimum Gasteiger partial charge on any atom is -0.495 e. The highest BCUT2D eigenvalue weighted by molar-refractivity contribution is 5.96. The molecule has 0 aromatic heterocycles. The predicted octanol–water partition coefficient (Wildman–Crippen LogP) is 2.03. The van der Waals surface area contributed by atoms with E-state index >= 15 is 0 Å². The molecule has 0 heterocycles. The molecule has 9 heteroatoms. The zero-order valence-electron chi connectivity index (χ0n) is 15.9. The van der Waals surface area contributed by atoms with Gasteiger partial charge in [0.05, 0.1) is 18.4 Å². The van der Waals surface area contributed by atoms with E-state index < -0.39 is 25.1 Å². The Kier molecular flexibility index (Phi) is 7.72. The Bertz CT molecular complexity index is 911. The number of para-hydroxylation sites is 1. The molecule has 2 aromatic carbocycles. The van der Waals surface area contributed by atoms with E-state index in [4.69, 9.17) is 14.2 Å². The fourth-order valence-corrected chi connectivity index (χ4v) is 2.31. The number of ether oxygens (including phenoxy) is 3. The quantitative estimate of drug-likeness (QED) is 0.488. The molecule has 0 fully saturated rings. The van der Waals surface area contributed by atoms with Crippen molar-refractivity contribution in [2.75, 3.05) is 31.0 Å². The summed E-state index contributed by atoms with van der Waals surface area (Å²) in [6.45, 7) is 0.349. The van der Waals surface area contributed by atoms with Gasteiger partial charge in [0.1, 0.15) is 11.5 Å². The smallest absolute Gasteiger partial charge is 0.344 e. The lowest BCUT2D eigenvalue weighted by molar-refractivity contribution is -0.149. The summed E-state index contributed by atoms with van der Waals surface area (Å²) in [4.78, 5) is 45.9. The molecule has 0 saturated heterocycles. The molecule has 0 bridgehead atoms. The number of amides is 2. The number of hydrogen-bond acceptors (Lipinski definition) is 7. The van der Waals surface area contributed by atoms with Crippen LogP contribution in [0.1, 0.15) is 17.3 Å². The Hall–Kier alpha value is -3.88. The normalized spacial score (nSPS) is 9.86. The molecular formula is C20H20N2O7. The fraction of sp³-hybridized carbons (Fsp3) is 0.200. The first kappa shape index (κ1) is 21.4. The molecule has 0 saturated carbocycles. The zero-order chi connectivity index (χ0) is 21.2. The van der Waals surface area contributed by atoms with Crippen LogP contribution in [0.4, 0.5) is 11.4 Å². The summed E-state index contributed by atoms with van der Waals surface area (Å²) in [6.07, 6.45) is 0.608. The van der Waals surface area contributed by atoms with Gasteiger partial charge in [-0.1, -0.05) is 12.1 Å². The lowest BCUT2D eigenvalue weighted by Gasteiger charge is -2.13. The van der Waals surface area contributed by atoms with E-state index in [1.54, 1.807) is 30.3 Å². The van der Waals surface area contributed by atoms with E-state index in [0.29, 0.717) is 29.0 Å². The lowest BCUT2D eigenvalue weighted by atomic mass is 10.2. The average Bonchev–Trinajstić information content (AvgIpc) is 2.70. The first-order chi connectivity index (χ1) is 13.9. The highest BCUT2D eigenvalue weighted by Gasteiger charge is 2.13. The summed E-state index contributed by atoms with van der Waals surface area (Å²) < 4.78 is 15.3. The first-order valence-corrected chi connectivity index (χ1v) is 8.51. The minimum absolute atomic E-state index is 0.239. The van der Waals surface area contributed by atoms with Crippen molar-refractivity contribution >= 4 is 35.4 Å². The Morgan fingerprint density at radius 2 is 1.76 bits per heavy atom. The van der Waals surface area contributed by atoms with Gasteiger partial charge in [-0.05, 0) is 30.3 Å². The fourth-order valence-electron chi connectivity index (χ4n) is 2.31. The highest BCUT2D eigenvalue weighted by atomic mass is 16.6.